The van der Waals surface area contributed by atoms with Crippen molar-refractivity contribution in [3.8, 4) is 0 Å². The molecular formula is C12H21ClN4O2. The Kier molecular flexibility index (Phi) is 5.34. The number of nitrogens with zero attached hydrogens (tertiary/aromatic N) is 2. The van der Waals surface area contributed by atoms with E-state index in [4.69, 9.17) is 10.5 Å². The number of H-pyrrole nitrogens is 1. The average Bonchev–Trinajstić information content (AvgIpc) is 2.68. The summed E-state index contributed by atoms with van der Waals surface area (Å²) >= 11 is 0. The number of hydrogen-bond acceptors (Lipinski definition) is 4. The minimum absolute atomic E-state index is 0. The van der Waals surface area contributed by atoms with Crippen LogP contribution < -0.4 is 5.73 Å². The zero-order chi connectivity index (χ0) is 13.3. The highest BCUT2D eigenvalue weighted by Gasteiger charge is 2.32. The number of nitrogens with one attached hydrogen (secondary N) is 1. The molecule has 2 rings (SSSR count). The van der Waals surface area contributed by atoms with Crippen LogP contribution in [0.3, 0.4) is 0 Å². The zero-order valence-corrected chi connectivity index (χ0v) is 12.3. The molecule has 0 aromatic carbocycles. The molecule has 1 aromatic heterocycles. The summed E-state index contributed by atoms with van der Waals surface area (Å²) in [6.45, 7) is 7.24. The van der Waals surface area contributed by atoms with E-state index < -0.39 is 6.04 Å². The van der Waals surface area contributed by atoms with E-state index >= 15 is 0 Å². The lowest BCUT2D eigenvalue weighted by Gasteiger charge is -2.36. The quantitative estimate of drug-likeness (QED) is 0.839. The van der Waals surface area contributed by atoms with Crippen LogP contribution in [0, 0.1) is 13.8 Å². The Morgan fingerprint density at radius 1 is 1.58 bits per heavy atom. The molecule has 0 aliphatic carbocycles. The van der Waals surface area contributed by atoms with E-state index in [9.17, 15) is 4.79 Å². The lowest BCUT2D eigenvalue weighted by Crippen LogP contribution is -2.49. The summed E-state index contributed by atoms with van der Waals surface area (Å²) in [6, 6.07) is -0.575. The Morgan fingerprint density at radius 2 is 2.26 bits per heavy atom. The first-order valence-corrected chi connectivity index (χ1v) is 6.17. The van der Waals surface area contributed by atoms with Crippen LogP contribution in [-0.2, 0) is 9.53 Å². The summed E-state index contributed by atoms with van der Waals surface area (Å²) in [5.74, 6) is -0.0386. The Morgan fingerprint density at radius 3 is 2.79 bits per heavy atom. The third kappa shape index (κ3) is 3.08. The first kappa shape index (κ1) is 15.9. The van der Waals surface area contributed by atoms with Gasteiger partial charge < -0.3 is 15.4 Å². The second-order valence-electron chi connectivity index (χ2n) is 4.76. The molecule has 19 heavy (non-hydrogen) atoms. The van der Waals surface area contributed by atoms with Crippen LogP contribution in [0.2, 0.25) is 0 Å². The number of morpholine rings is 1. The fourth-order valence-electron chi connectivity index (χ4n) is 2.42. The highest BCUT2D eigenvalue weighted by molar-refractivity contribution is 5.85. The molecule has 1 fully saturated rings. The van der Waals surface area contributed by atoms with Gasteiger partial charge in [-0.05, 0) is 20.8 Å². The van der Waals surface area contributed by atoms with Gasteiger partial charge in [-0.2, -0.15) is 5.10 Å². The topological polar surface area (TPSA) is 84.2 Å². The first-order valence-electron chi connectivity index (χ1n) is 6.17. The van der Waals surface area contributed by atoms with Crippen molar-refractivity contribution in [1.82, 2.24) is 15.1 Å². The molecule has 1 aromatic rings. The molecule has 0 spiro atoms. The highest BCUT2D eigenvalue weighted by atomic mass is 35.5. The Labute approximate surface area is 119 Å². The molecular weight excluding hydrogens is 268 g/mol. The summed E-state index contributed by atoms with van der Waals surface area (Å²) < 4.78 is 5.50. The molecule has 0 saturated carbocycles. The summed E-state index contributed by atoms with van der Waals surface area (Å²) in [4.78, 5) is 13.9. The molecule has 1 amide bonds. The monoisotopic (exact) mass is 288 g/mol. The smallest absolute Gasteiger partial charge is 0.239 e. The molecule has 7 heteroatoms. The zero-order valence-electron chi connectivity index (χ0n) is 11.5. The number of aromatic amines is 1. The molecule has 1 unspecified atom stereocenters. The standard InChI is InChI=1S/C12H20N4O2.ClH/c1-7(13)12(17)16-4-5-18-6-10(16)11-8(2)14-15-9(11)3;/h7,10H,4-6,13H2,1-3H3,(H,14,15);1H/t7-,10?;/m1./s1. The first-order chi connectivity index (χ1) is 8.52. The molecule has 0 radical (unpaired) electrons. The molecule has 108 valence electrons. The van der Waals surface area contributed by atoms with Gasteiger partial charge in [0.05, 0.1) is 31.0 Å². The average molecular weight is 289 g/mol. The largest absolute Gasteiger partial charge is 0.377 e. The lowest BCUT2D eigenvalue weighted by atomic mass is 10.0. The van der Waals surface area contributed by atoms with E-state index in [1.807, 2.05) is 13.8 Å². The van der Waals surface area contributed by atoms with E-state index in [1.54, 1.807) is 11.8 Å². The third-order valence-electron chi connectivity index (χ3n) is 3.32. The van der Waals surface area contributed by atoms with E-state index in [2.05, 4.69) is 10.2 Å². The van der Waals surface area contributed by atoms with Gasteiger partial charge in [0.25, 0.3) is 0 Å². The number of hydrogen-bond donors (Lipinski definition) is 2. The van der Waals surface area contributed by atoms with Gasteiger partial charge in [0, 0.05) is 17.8 Å². The summed E-state index contributed by atoms with van der Waals surface area (Å²) in [7, 11) is 0. The molecule has 0 bridgehead atoms. The number of rotatable bonds is 2. The van der Waals surface area contributed by atoms with Crippen LogP contribution in [0.4, 0.5) is 0 Å². The van der Waals surface area contributed by atoms with Crippen LogP contribution >= 0.6 is 12.4 Å². The maximum absolute atomic E-state index is 12.1. The van der Waals surface area contributed by atoms with Crippen molar-refractivity contribution in [2.24, 2.45) is 5.73 Å². The van der Waals surface area contributed by atoms with Crippen LogP contribution in [0.5, 0.6) is 0 Å². The van der Waals surface area contributed by atoms with Crippen LogP contribution in [0.25, 0.3) is 0 Å². The van der Waals surface area contributed by atoms with Crippen LogP contribution in [0.15, 0.2) is 0 Å². The molecule has 1 aliphatic rings. The number of aryl methyl sites for hydroxylation is 2. The van der Waals surface area contributed by atoms with Gasteiger partial charge in [0.1, 0.15) is 0 Å². The van der Waals surface area contributed by atoms with Gasteiger partial charge in [0.15, 0.2) is 0 Å². The second kappa shape index (κ2) is 6.36. The van der Waals surface area contributed by atoms with Crippen molar-refractivity contribution in [3.63, 3.8) is 0 Å². The SMILES string of the molecule is Cc1n[nH]c(C)c1C1COCCN1C(=O)[C@@H](C)N.Cl. The van der Waals surface area contributed by atoms with Crippen molar-refractivity contribution in [2.45, 2.75) is 32.9 Å². The molecule has 1 saturated heterocycles. The molecule has 2 heterocycles. The van der Waals surface area contributed by atoms with Crippen LogP contribution in [0.1, 0.15) is 29.9 Å². The lowest BCUT2D eigenvalue weighted by molar-refractivity contribution is -0.141. The predicted octanol–water partition coefficient (Wildman–Crippen LogP) is 0.695. The number of carbonyl (C=O) groups excluding carboxylic acids is 1. The summed E-state index contributed by atoms with van der Waals surface area (Å²) in [5.41, 5.74) is 8.63. The molecule has 1 aliphatic heterocycles. The fourth-order valence-corrected chi connectivity index (χ4v) is 2.42. The van der Waals surface area contributed by atoms with Gasteiger partial charge in [-0.25, -0.2) is 0 Å². The number of amides is 1. The van der Waals surface area contributed by atoms with E-state index in [0.717, 1.165) is 17.0 Å². The minimum Gasteiger partial charge on any atom is -0.377 e. The Bertz CT molecular complexity index is 427. The van der Waals surface area contributed by atoms with E-state index in [-0.39, 0.29) is 24.4 Å². The number of nitrogens with two attached hydrogens (primary N) is 1. The van der Waals surface area contributed by atoms with Crippen molar-refractivity contribution in [1.29, 1.82) is 0 Å². The third-order valence-corrected chi connectivity index (χ3v) is 3.32. The van der Waals surface area contributed by atoms with Gasteiger partial charge >= 0.3 is 0 Å². The fraction of sp³-hybridized carbons (Fsp3) is 0.667. The van der Waals surface area contributed by atoms with Gasteiger partial charge in [0.2, 0.25) is 5.91 Å². The molecule has 6 nitrogen and oxygen atoms in total. The van der Waals surface area contributed by atoms with Crippen molar-refractivity contribution in [2.75, 3.05) is 19.8 Å². The predicted molar refractivity (Wildman–Crippen MR) is 74.2 cm³/mol. The van der Waals surface area contributed by atoms with Crippen molar-refractivity contribution in [3.05, 3.63) is 17.0 Å². The number of ether oxygens (including phenoxy) is 1. The summed E-state index contributed by atoms with van der Waals surface area (Å²) in [5, 5.41) is 7.13. The highest BCUT2D eigenvalue weighted by Crippen LogP contribution is 2.28. The van der Waals surface area contributed by atoms with E-state index in [1.165, 1.54) is 0 Å². The van der Waals surface area contributed by atoms with Crippen LogP contribution in [-0.4, -0.2) is 46.8 Å². The molecule has 3 N–H and O–H groups in total. The summed E-state index contributed by atoms with van der Waals surface area (Å²) in [6.07, 6.45) is 0. The van der Waals surface area contributed by atoms with Gasteiger partial charge in [-0.1, -0.05) is 0 Å². The molecule has 2 atom stereocenters. The van der Waals surface area contributed by atoms with Gasteiger partial charge in [-0.3, -0.25) is 9.89 Å². The number of halogens is 1. The van der Waals surface area contributed by atoms with Gasteiger partial charge in [-0.15, -0.1) is 12.4 Å². The Balaban J connectivity index is 0.00000180. The van der Waals surface area contributed by atoms with Crippen molar-refractivity contribution >= 4 is 18.3 Å². The van der Waals surface area contributed by atoms with E-state index in [0.29, 0.717) is 19.8 Å². The maximum atomic E-state index is 12.1. The normalized spacial score (nSPS) is 20.8. The van der Waals surface area contributed by atoms with Crippen molar-refractivity contribution < 1.29 is 9.53 Å². The number of aromatic nitrogens is 2. The minimum atomic E-state index is -0.488. The Hall–Kier alpha value is -1.11. The second-order valence-corrected chi connectivity index (χ2v) is 4.76. The number of carbonyl (C=O) groups is 1. The maximum Gasteiger partial charge on any atom is 0.239 e.